The number of aromatic nitrogens is 1. The second kappa shape index (κ2) is 6.05. The van der Waals surface area contributed by atoms with Gasteiger partial charge in [-0.2, -0.15) is 5.26 Å². The van der Waals surface area contributed by atoms with Gasteiger partial charge in [-0.05, 0) is 19.4 Å². The molecule has 4 nitrogen and oxygen atoms in total. The first kappa shape index (κ1) is 14.0. The lowest BCUT2D eigenvalue weighted by Gasteiger charge is -2.12. The maximum atomic E-state index is 13.0. The molecule has 0 saturated heterocycles. The molecule has 96 valence electrons. The molecule has 0 bridgehead atoms. The predicted molar refractivity (Wildman–Crippen MR) is 59.0 cm³/mol. The van der Waals surface area contributed by atoms with Gasteiger partial charge in [-0.3, -0.25) is 9.78 Å². The lowest BCUT2D eigenvalue weighted by molar-refractivity contribution is -0.142. The molecule has 0 aliphatic carbocycles. The summed E-state index contributed by atoms with van der Waals surface area (Å²) in [5.74, 6) is -0.612. The molecule has 0 atom stereocenters. The molecule has 1 aromatic heterocycles. The average molecular weight is 254 g/mol. The van der Waals surface area contributed by atoms with Crippen LogP contribution in [0.25, 0.3) is 0 Å². The summed E-state index contributed by atoms with van der Waals surface area (Å²) in [4.78, 5) is 15.2. The predicted octanol–water partition coefficient (Wildman–Crippen LogP) is 2.30. The minimum absolute atomic E-state index is 0.0718. The van der Waals surface area contributed by atoms with E-state index in [1.807, 2.05) is 0 Å². The van der Waals surface area contributed by atoms with Crippen molar-refractivity contribution < 1.29 is 18.3 Å². The maximum Gasteiger partial charge on any atom is 0.310 e. The largest absolute Gasteiger partial charge is 0.466 e. The van der Waals surface area contributed by atoms with E-state index in [2.05, 4.69) is 4.98 Å². The van der Waals surface area contributed by atoms with Gasteiger partial charge >= 0.3 is 5.97 Å². The number of carbonyl (C=O) groups excluding carboxylic acids is 1. The first-order valence-electron chi connectivity index (χ1n) is 5.33. The molecule has 0 spiro atoms. The summed E-state index contributed by atoms with van der Waals surface area (Å²) < 4.78 is 30.6. The number of alkyl halides is 2. The molecule has 0 amide bonds. The average Bonchev–Trinajstić information content (AvgIpc) is 2.31. The lowest BCUT2D eigenvalue weighted by Crippen LogP contribution is -2.13. The van der Waals surface area contributed by atoms with Crippen molar-refractivity contribution in [1.29, 1.82) is 5.26 Å². The van der Waals surface area contributed by atoms with Crippen molar-refractivity contribution in [1.82, 2.24) is 4.98 Å². The molecule has 1 aromatic rings. The van der Waals surface area contributed by atoms with Crippen molar-refractivity contribution in [3.8, 4) is 6.07 Å². The molecule has 6 heteroatoms. The molecule has 0 aliphatic rings. The molecular weight excluding hydrogens is 242 g/mol. The summed E-state index contributed by atoms with van der Waals surface area (Å²) in [6.45, 7) is 3.32. The number of pyridine rings is 1. The van der Waals surface area contributed by atoms with Crippen LogP contribution in [-0.2, 0) is 16.0 Å². The topological polar surface area (TPSA) is 63.0 Å². The molecule has 18 heavy (non-hydrogen) atoms. The molecule has 0 unspecified atom stereocenters. The van der Waals surface area contributed by atoms with Crippen LogP contribution < -0.4 is 0 Å². The van der Waals surface area contributed by atoms with Gasteiger partial charge in [0.05, 0.1) is 18.6 Å². The molecular formula is C12H12F2N2O2. The van der Waals surface area contributed by atoms with Gasteiger partial charge in [-0.15, -0.1) is 0 Å². The van der Waals surface area contributed by atoms with Crippen LogP contribution in [0.2, 0.25) is 0 Å². The van der Waals surface area contributed by atoms with E-state index in [-0.39, 0.29) is 24.2 Å². The number of halogens is 2. The third kappa shape index (κ3) is 3.00. The van der Waals surface area contributed by atoms with Crippen LogP contribution in [0.3, 0.4) is 0 Å². The number of rotatable bonds is 4. The van der Waals surface area contributed by atoms with Crippen molar-refractivity contribution in [3.05, 3.63) is 28.6 Å². The van der Waals surface area contributed by atoms with Crippen LogP contribution in [0, 0.1) is 18.3 Å². The monoisotopic (exact) mass is 254 g/mol. The number of nitrogens with zero attached hydrogens (tertiary/aromatic N) is 2. The summed E-state index contributed by atoms with van der Waals surface area (Å²) in [7, 11) is 0. The molecule has 1 heterocycles. The van der Waals surface area contributed by atoms with E-state index in [9.17, 15) is 13.6 Å². The zero-order valence-electron chi connectivity index (χ0n) is 10.0. The fourth-order valence-electron chi connectivity index (χ4n) is 1.58. The summed E-state index contributed by atoms with van der Waals surface area (Å²) in [6, 6.07) is 1.66. The molecule has 1 rings (SSSR count). The highest BCUT2D eigenvalue weighted by molar-refractivity contribution is 5.73. The minimum atomic E-state index is -2.83. The highest BCUT2D eigenvalue weighted by atomic mass is 19.3. The normalized spacial score (nSPS) is 10.2. The molecule has 0 aliphatic heterocycles. The number of carbonyl (C=O) groups is 1. The first-order valence-corrected chi connectivity index (χ1v) is 5.33. The fourth-order valence-corrected chi connectivity index (χ4v) is 1.58. The Morgan fingerprint density at radius 3 is 2.78 bits per heavy atom. The van der Waals surface area contributed by atoms with Gasteiger partial charge in [0.1, 0.15) is 6.07 Å². The summed E-state index contributed by atoms with van der Waals surface area (Å²) in [5, 5.41) is 8.78. The van der Waals surface area contributed by atoms with Gasteiger partial charge in [0.2, 0.25) is 0 Å². The fraction of sp³-hybridized carbons (Fsp3) is 0.417. The minimum Gasteiger partial charge on any atom is -0.466 e. The molecule has 0 radical (unpaired) electrons. The van der Waals surface area contributed by atoms with Crippen molar-refractivity contribution in [2.75, 3.05) is 6.61 Å². The number of hydrogen-bond acceptors (Lipinski definition) is 4. The molecule has 0 saturated carbocycles. The van der Waals surface area contributed by atoms with E-state index >= 15 is 0 Å². The van der Waals surface area contributed by atoms with Crippen molar-refractivity contribution in [3.63, 3.8) is 0 Å². The van der Waals surface area contributed by atoms with Crippen LogP contribution in [0.15, 0.2) is 6.20 Å². The van der Waals surface area contributed by atoms with Crippen LogP contribution in [0.4, 0.5) is 8.78 Å². The van der Waals surface area contributed by atoms with Crippen LogP contribution in [-0.4, -0.2) is 17.6 Å². The maximum absolute atomic E-state index is 13.0. The van der Waals surface area contributed by atoms with E-state index in [0.717, 1.165) is 6.20 Å². The van der Waals surface area contributed by atoms with Gasteiger partial charge in [0, 0.05) is 17.5 Å². The van der Waals surface area contributed by atoms with Crippen molar-refractivity contribution >= 4 is 5.97 Å². The Morgan fingerprint density at radius 2 is 2.28 bits per heavy atom. The Kier molecular flexibility index (Phi) is 4.72. The Morgan fingerprint density at radius 1 is 1.61 bits per heavy atom. The first-order chi connectivity index (χ1) is 8.51. The molecule has 0 aromatic carbocycles. The van der Waals surface area contributed by atoms with E-state index in [1.54, 1.807) is 13.0 Å². The summed E-state index contributed by atoms with van der Waals surface area (Å²) in [6.07, 6.45) is -2.04. The number of esters is 1. The van der Waals surface area contributed by atoms with Gasteiger partial charge < -0.3 is 4.74 Å². The second-order valence-electron chi connectivity index (χ2n) is 3.54. The van der Waals surface area contributed by atoms with Crippen LogP contribution in [0.1, 0.15) is 35.7 Å². The van der Waals surface area contributed by atoms with E-state index < -0.39 is 18.0 Å². The third-order valence-electron chi connectivity index (χ3n) is 2.40. The van der Waals surface area contributed by atoms with Crippen LogP contribution >= 0.6 is 0 Å². The third-order valence-corrected chi connectivity index (χ3v) is 2.40. The van der Waals surface area contributed by atoms with E-state index in [0.29, 0.717) is 5.69 Å². The zero-order chi connectivity index (χ0) is 13.7. The van der Waals surface area contributed by atoms with E-state index in [1.165, 1.54) is 6.92 Å². The Bertz CT molecular complexity index is 496. The number of aryl methyl sites for hydroxylation is 1. The summed E-state index contributed by atoms with van der Waals surface area (Å²) >= 11 is 0. The number of nitriles is 1. The van der Waals surface area contributed by atoms with Gasteiger partial charge in [0.15, 0.2) is 0 Å². The standard InChI is InChI=1S/C12H12F2N2O2/c1-3-18-10(17)4-9-7(2)16-6-8(5-15)11(9)12(13)14/h6,12H,3-4H2,1-2H3. The van der Waals surface area contributed by atoms with Gasteiger partial charge in [-0.1, -0.05) is 0 Å². The number of hydrogen-bond donors (Lipinski definition) is 0. The molecule has 0 N–H and O–H groups in total. The Labute approximate surface area is 103 Å². The Hall–Kier alpha value is -2.03. The van der Waals surface area contributed by atoms with E-state index in [4.69, 9.17) is 10.00 Å². The zero-order valence-corrected chi connectivity index (χ0v) is 10.0. The van der Waals surface area contributed by atoms with Gasteiger partial charge in [-0.25, -0.2) is 8.78 Å². The second-order valence-corrected chi connectivity index (χ2v) is 3.54. The SMILES string of the molecule is CCOC(=O)Cc1c(C)ncc(C#N)c1C(F)F. The highest BCUT2D eigenvalue weighted by Gasteiger charge is 2.22. The Balaban J connectivity index is 3.24. The number of ether oxygens (including phenoxy) is 1. The highest BCUT2D eigenvalue weighted by Crippen LogP contribution is 2.28. The van der Waals surface area contributed by atoms with Crippen molar-refractivity contribution in [2.24, 2.45) is 0 Å². The van der Waals surface area contributed by atoms with Crippen molar-refractivity contribution in [2.45, 2.75) is 26.7 Å². The quantitative estimate of drug-likeness (QED) is 0.773. The summed E-state index contributed by atoms with van der Waals surface area (Å²) in [5.41, 5.74) is -0.271. The van der Waals surface area contributed by atoms with Crippen LogP contribution in [0.5, 0.6) is 0 Å². The lowest BCUT2D eigenvalue weighted by atomic mass is 10.00. The molecule has 0 fully saturated rings. The van der Waals surface area contributed by atoms with Gasteiger partial charge in [0.25, 0.3) is 6.43 Å². The smallest absolute Gasteiger partial charge is 0.310 e.